The van der Waals surface area contributed by atoms with Crippen molar-refractivity contribution in [1.82, 2.24) is 0 Å². The standard InChI is InChI=1S/C15H24N2O3.ClH/c1-3-9-19-13-6-5-12(17-15(18)7-8-16)11-14(13)20-10-4-2;/h5-6,11H,3-4,7-10,16H2,1-2H3,(H,17,18);1H. The van der Waals surface area contributed by atoms with Gasteiger partial charge in [-0.1, -0.05) is 13.8 Å². The average molecular weight is 317 g/mol. The maximum Gasteiger partial charge on any atom is 0.225 e. The lowest BCUT2D eigenvalue weighted by Gasteiger charge is -2.14. The number of halogens is 1. The Hall–Kier alpha value is -1.46. The maximum atomic E-state index is 11.5. The summed E-state index contributed by atoms with van der Waals surface area (Å²) in [7, 11) is 0. The van der Waals surface area contributed by atoms with Crippen molar-refractivity contribution in [2.24, 2.45) is 5.73 Å². The Bertz CT molecular complexity index is 427. The van der Waals surface area contributed by atoms with Gasteiger partial charge in [0.05, 0.1) is 13.2 Å². The number of amides is 1. The second kappa shape index (κ2) is 11.2. The Balaban J connectivity index is 0.00000400. The second-order valence-electron chi connectivity index (χ2n) is 4.45. The van der Waals surface area contributed by atoms with Gasteiger partial charge in [-0.15, -0.1) is 12.4 Å². The summed E-state index contributed by atoms with van der Waals surface area (Å²) < 4.78 is 11.3. The van der Waals surface area contributed by atoms with Crippen LogP contribution in [-0.4, -0.2) is 25.7 Å². The van der Waals surface area contributed by atoms with E-state index < -0.39 is 0 Å². The van der Waals surface area contributed by atoms with Crippen molar-refractivity contribution in [2.75, 3.05) is 25.1 Å². The zero-order valence-electron chi connectivity index (χ0n) is 12.7. The number of hydrogen-bond acceptors (Lipinski definition) is 4. The van der Waals surface area contributed by atoms with Crippen LogP contribution in [0.5, 0.6) is 11.5 Å². The number of nitrogens with one attached hydrogen (secondary N) is 1. The van der Waals surface area contributed by atoms with Crippen molar-refractivity contribution in [2.45, 2.75) is 33.1 Å². The summed E-state index contributed by atoms with van der Waals surface area (Å²) in [4.78, 5) is 11.5. The van der Waals surface area contributed by atoms with E-state index in [0.29, 0.717) is 43.4 Å². The predicted octanol–water partition coefficient (Wildman–Crippen LogP) is 2.97. The number of nitrogens with two attached hydrogens (primary N) is 1. The van der Waals surface area contributed by atoms with Gasteiger partial charge in [-0.25, -0.2) is 0 Å². The summed E-state index contributed by atoms with van der Waals surface area (Å²) in [5.74, 6) is 1.26. The molecule has 0 radical (unpaired) electrons. The van der Waals surface area contributed by atoms with Gasteiger partial charge in [-0.3, -0.25) is 4.79 Å². The van der Waals surface area contributed by atoms with Crippen LogP contribution in [0.1, 0.15) is 33.1 Å². The summed E-state index contributed by atoms with van der Waals surface area (Å²) >= 11 is 0. The third kappa shape index (κ3) is 7.20. The molecule has 120 valence electrons. The van der Waals surface area contributed by atoms with Crippen LogP contribution in [0.4, 0.5) is 5.69 Å². The van der Waals surface area contributed by atoms with Gasteiger partial charge in [0.15, 0.2) is 11.5 Å². The molecule has 0 aromatic heterocycles. The molecule has 1 aromatic rings. The van der Waals surface area contributed by atoms with Crippen LogP contribution in [0.3, 0.4) is 0 Å². The van der Waals surface area contributed by atoms with E-state index >= 15 is 0 Å². The van der Waals surface area contributed by atoms with E-state index in [1.165, 1.54) is 0 Å². The summed E-state index contributed by atoms with van der Waals surface area (Å²) in [6, 6.07) is 5.41. The fourth-order valence-electron chi connectivity index (χ4n) is 1.60. The molecule has 6 heteroatoms. The number of benzene rings is 1. The molecule has 0 saturated carbocycles. The molecule has 1 rings (SSSR count). The predicted molar refractivity (Wildman–Crippen MR) is 87.6 cm³/mol. The smallest absolute Gasteiger partial charge is 0.225 e. The van der Waals surface area contributed by atoms with Gasteiger partial charge in [-0.2, -0.15) is 0 Å². The number of carbonyl (C=O) groups excluding carboxylic acids is 1. The van der Waals surface area contributed by atoms with Gasteiger partial charge in [0.1, 0.15) is 0 Å². The first-order valence-electron chi connectivity index (χ1n) is 7.10. The first-order chi connectivity index (χ1) is 9.71. The molecular weight excluding hydrogens is 292 g/mol. The Morgan fingerprint density at radius 1 is 1.14 bits per heavy atom. The highest BCUT2D eigenvalue weighted by Gasteiger charge is 2.08. The molecule has 0 aliphatic carbocycles. The van der Waals surface area contributed by atoms with E-state index in [9.17, 15) is 4.79 Å². The van der Waals surface area contributed by atoms with E-state index in [0.717, 1.165) is 12.8 Å². The van der Waals surface area contributed by atoms with Crippen molar-refractivity contribution in [3.8, 4) is 11.5 Å². The van der Waals surface area contributed by atoms with E-state index in [4.69, 9.17) is 15.2 Å². The quantitative estimate of drug-likeness (QED) is 0.734. The molecule has 0 aliphatic heterocycles. The zero-order valence-corrected chi connectivity index (χ0v) is 13.5. The number of ether oxygens (including phenoxy) is 2. The highest BCUT2D eigenvalue weighted by molar-refractivity contribution is 5.91. The molecule has 0 unspecified atom stereocenters. The Morgan fingerprint density at radius 3 is 2.33 bits per heavy atom. The van der Waals surface area contributed by atoms with Gasteiger partial charge in [-0.05, 0) is 25.0 Å². The largest absolute Gasteiger partial charge is 0.490 e. The Morgan fingerprint density at radius 2 is 1.76 bits per heavy atom. The average Bonchev–Trinajstić information content (AvgIpc) is 2.44. The number of hydrogen-bond donors (Lipinski definition) is 2. The van der Waals surface area contributed by atoms with Crippen molar-refractivity contribution in [3.05, 3.63) is 18.2 Å². The zero-order chi connectivity index (χ0) is 14.8. The highest BCUT2D eigenvalue weighted by atomic mass is 35.5. The molecule has 0 spiro atoms. The maximum absolute atomic E-state index is 11.5. The van der Waals surface area contributed by atoms with Crippen molar-refractivity contribution in [1.29, 1.82) is 0 Å². The molecule has 1 amide bonds. The Labute approximate surface area is 132 Å². The van der Waals surface area contributed by atoms with Crippen LogP contribution in [0.2, 0.25) is 0 Å². The van der Waals surface area contributed by atoms with E-state index in [-0.39, 0.29) is 18.3 Å². The van der Waals surface area contributed by atoms with Crippen LogP contribution in [0, 0.1) is 0 Å². The van der Waals surface area contributed by atoms with Crippen LogP contribution in [-0.2, 0) is 4.79 Å². The molecule has 0 aliphatic rings. The Kier molecular flexibility index (Phi) is 10.4. The molecule has 3 N–H and O–H groups in total. The van der Waals surface area contributed by atoms with Crippen LogP contribution >= 0.6 is 12.4 Å². The molecule has 0 fully saturated rings. The lowest BCUT2D eigenvalue weighted by Crippen LogP contribution is -2.16. The van der Waals surface area contributed by atoms with E-state index in [1.54, 1.807) is 12.1 Å². The lowest BCUT2D eigenvalue weighted by atomic mass is 10.2. The van der Waals surface area contributed by atoms with Crippen molar-refractivity contribution >= 4 is 24.0 Å². The highest BCUT2D eigenvalue weighted by Crippen LogP contribution is 2.31. The molecule has 0 saturated heterocycles. The first-order valence-corrected chi connectivity index (χ1v) is 7.10. The van der Waals surface area contributed by atoms with Gasteiger partial charge < -0.3 is 20.5 Å². The van der Waals surface area contributed by atoms with Gasteiger partial charge in [0, 0.05) is 24.7 Å². The van der Waals surface area contributed by atoms with Gasteiger partial charge in [0.25, 0.3) is 0 Å². The molecule has 0 heterocycles. The number of anilines is 1. The summed E-state index contributed by atoms with van der Waals surface area (Å²) in [6.07, 6.45) is 2.15. The molecule has 21 heavy (non-hydrogen) atoms. The van der Waals surface area contributed by atoms with Crippen LogP contribution in [0.15, 0.2) is 18.2 Å². The van der Waals surface area contributed by atoms with Crippen molar-refractivity contribution in [3.63, 3.8) is 0 Å². The monoisotopic (exact) mass is 316 g/mol. The lowest BCUT2D eigenvalue weighted by molar-refractivity contribution is -0.116. The normalized spacial score (nSPS) is 9.67. The minimum Gasteiger partial charge on any atom is -0.490 e. The molecular formula is C15H25ClN2O3. The minimum atomic E-state index is -0.101. The summed E-state index contributed by atoms with van der Waals surface area (Å²) in [6.45, 7) is 5.68. The molecule has 0 bridgehead atoms. The first kappa shape index (κ1) is 19.5. The number of rotatable bonds is 9. The fraction of sp³-hybridized carbons (Fsp3) is 0.533. The van der Waals surface area contributed by atoms with Crippen molar-refractivity contribution < 1.29 is 14.3 Å². The molecule has 0 atom stereocenters. The van der Waals surface area contributed by atoms with Crippen LogP contribution < -0.4 is 20.5 Å². The third-order valence-electron chi connectivity index (χ3n) is 2.52. The van der Waals surface area contributed by atoms with Gasteiger partial charge >= 0.3 is 0 Å². The van der Waals surface area contributed by atoms with Gasteiger partial charge in [0.2, 0.25) is 5.91 Å². The number of carbonyl (C=O) groups is 1. The molecule has 5 nitrogen and oxygen atoms in total. The SMILES string of the molecule is CCCOc1ccc(NC(=O)CCN)cc1OCCC.Cl. The topological polar surface area (TPSA) is 73.6 Å². The molecule has 1 aromatic carbocycles. The minimum absolute atomic E-state index is 0. The van der Waals surface area contributed by atoms with E-state index in [2.05, 4.69) is 5.32 Å². The summed E-state index contributed by atoms with van der Waals surface area (Å²) in [5, 5.41) is 2.79. The third-order valence-corrected chi connectivity index (χ3v) is 2.52. The van der Waals surface area contributed by atoms with Crippen LogP contribution in [0.25, 0.3) is 0 Å². The fourth-order valence-corrected chi connectivity index (χ4v) is 1.60. The summed E-state index contributed by atoms with van der Waals surface area (Å²) in [5.41, 5.74) is 6.05. The van der Waals surface area contributed by atoms with E-state index in [1.807, 2.05) is 19.9 Å². The second-order valence-corrected chi connectivity index (χ2v) is 4.45.